The van der Waals surface area contributed by atoms with Gasteiger partial charge in [-0.1, -0.05) is 12.5 Å². The van der Waals surface area contributed by atoms with Crippen LogP contribution in [0.4, 0.5) is 0 Å². The summed E-state index contributed by atoms with van der Waals surface area (Å²) in [6, 6.07) is 4.95. The topological polar surface area (TPSA) is 38.0 Å². The van der Waals surface area contributed by atoms with Crippen molar-refractivity contribution in [1.82, 2.24) is 5.32 Å². The highest BCUT2D eigenvalue weighted by molar-refractivity contribution is 7.09. The van der Waals surface area contributed by atoms with Gasteiger partial charge in [0.1, 0.15) is 0 Å². The van der Waals surface area contributed by atoms with Crippen molar-refractivity contribution in [3.8, 4) is 0 Å². The Morgan fingerprint density at radius 2 is 2.43 bits per heavy atom. The van der Waals surface area contributed by atoms with E-state index in [1.54, 1.807) is 0 Å². The van der Waals surface area contributed by atoms with Crippen molar-refractivity contribution in [2.24, 2.45) is 11.7 Å². The normalized spacial score (nSPS) is 26.9. The van der Waals surface area contributed by atoms with Crippen LogP contribution >= 0.6 is 11.3 Å². The fourth-order valence-corrected chi connectivity index (χ4v) is 2.89. The molecule has 3 N–H and O–H groups in total. The van der Waals surface area contributed by atoms with Gasteiger partial charge in [-0.3, -0.25) is 0 Å². The first-order chi connectivity index (χ1) is 6.90. The van der Waals surface area contributed by atoms with E-state index >= 15 is 0 Å². The van der Waals surface area contributed by atoms with Gasteiger partial charge in [-0.05, 0) is 36.8 Å². The number of hydrogen-bond acceptors (Lipinski definition) is 3. The van der Waals surface area contributed by atoms with Crippen LogP contribution in [0.15, 0.2) is 17.5 Å². The molecule has 2 atom stereocenters. The van der Waals surface area contributed by atoms with Gasteiger partial charge in [0.15, 0.2) is 0 Å². The SMILES string of the molecule is NCC1CCCC1NCc1cccs1. The molecule has 2 rings (SSSR count). The smallest absolute Gasteiger partial charge is 0.0302 e. The van der Waals surface area contributed by atoms with Crippen molar-refractivity contribution in [1.29, 1.82) is 0 Å². The molecule has 2 nitrogen and oxygen atoms in total. The maximum absolute atomic E-state index is 5.74. The van der Waals surface area contributed by atoms with Crippen molar-refractivity contribution in [2.75, 3.05) is 6.54 Å². The first-order valence-corrected chi connectivity index (χ1v) is 6.24. The third-order valence-corrected chi connectivity index (χ3v) is 3.96. The van der Waals surface area contributed by atoms with Crippen LogP contribution in [0.3, 0.4) is 0 Å². The molecule has 1 saturated carbocycles. The molecular weight excluding hydrogens is 192 g/mol. The Morgan fingerprint density at radius 3 is 3.14 bits per heavy atom. The third-order valence-electron chi connectivity index (χ3n) is 3.08. The standard InChI is InChI=1S/C11H18N2S/c12-7-9-3-1-5-11(9)13-8-10-4-2-6-14-10/h2,4,6,9,11,13H,1,3,5,7-8,12H2. The lowest BCUT2D eigenvalue weighted by atomic mass is 10.0. The molecule has 0 saturated heterocycles. The van der Waals surface area contributed by atoms with Crippen LogP contribution in [0, 0.1) is 5.92 Å². The van der Waals surface area contributed by atoms with E-state index < -0.39 is 0 Å². The number of nitrogens with two attached hydrogens (primary N) is 1. The molecule has 1 heterocycles. The largest absolute Gasteiger partial charge is 0.330 e. The zero-order valence-electron chi connectivity index (χ0n) is 8.41. The van der Waals surface area contributed by atoms with Crippen molar-refractivity contribution in [3.05, 3.63) is 22.4 Å². The van der Waals surface area contributed by atoms with E-state index in [0.717, 1.165) is 13.1 Å². The summed E-state index contributed by atoms with van der Waals surface area (Å²) < 4.78 is 0. The quantitative estimate of drug-likeness (QED) is 0.797. The van der Waals surface area contributed by atoms with E-state index in [9.17, 15) is 0 Å². The minimum Gasteiger partial charge on any atom is -0.330 e. The zero-order valence-corrected chi connectivity index (χ0v) is 9.22. The Labute approximate surface area is 89.5 Å². The second kappa shape index (κ2) is 4.91. The lowest BCUT2D eigenvalue weighted by Crippen LogP contribution is -2.35. The van der Waals surface area contributed by atoms with Crippen LogP contribution in [-0.4, -0.2) is 12.6 Å². The summed E-state index contributed by atoms with van der Waals surface area (Å²) in [5.74, 6) is 0.704. The second-order valence-electron chi connectivity index (χ2n) is 3.99. The summed E-state index contributed by atoms with van der Waals surface area (Å²) in [4.78, 5) is 1.42. The van der Waals surface area contributed by atoms with Crippen LogP contribution < -0.4 is 11.1 Å². The summed E-state index contributed by atoms with van der Waals surface area (Å²) in [6.07, 6.45) is 3.94. The maximum atomic E-state index is 5.74. The fourth-order valence-electron chi connectivity index (χ4n) is 2.23. The van der Waals surface area contributed by atoms with E-state index in [2.05, 4.69) is 22.8 Å². The highest BCUT2D eigenvalue weighted by atomic mass is 32.1. The van der Waals surface area contributed by atoms with Gasteiger partial charge in [0.05, 0.1) is 0 Å². The van der Waals surface area contributed by atoms with Crippen LogP contribution in [-0.2, 0) is 6.54 Å². The monoisotopic (exact) mass is 210 g/mol. The maximum Gasteiger partial charge on any atom is 0.0302 e. The molecule has 1 aromatic rings. The van der Waals surface area contributed by atoms with Gasteiger partial charge in [-0.15, -0.1) is 11.3 Å². The molecule has 1 aliphatic carbocycles. The summed E-state index contributed by atoms with van der Waals surface area (Å²) in [5, 5.41) is 5.75. The molecule has 1 fully saturated rings. The van der Waals surface area contributed by atoms with Gasteiger partial charge in [0, 0.05) is 17.5 Å². The predicted octanol–water partition coefficient (Wildman–Crippen LogP) is 1.97. The number of rotatable bonds is 4. The van der Waals surface area contributed by atoms with Crippen molar-refractivity contribution in [3.63, 3.8) is 0 Å². The van der Waals surface area contributed by atoms with Gasteiger partial charge in [-0.2, -0.15) is 0 Å². The first-order valence-electron chi connectivity index (χ1n) is 5.36. The lowest BCUT2D eigenvalue weighted by molar-refractivity contribution is 0.407. The molecule has 1 aliphatic rings. The molecule has 78 valence electrons. The third kappa shape index (κ3) is 2.35. The van der Waals surface area contributed by atoms with E-state index in [4.69, 9.17) is 5.73 Å². The van der Waals surface area contributed by atoms with Crippen LogP contribution in [0.5, 0.6) is 0 Å². The summed E-state index contributed by atoms with van der Waals surface area (Å²) in [6.45, 7) is 1.85. The molecule has 0 amide bonds. The number of nitrogens with one attached hydrogen (secondary N) is 1. The molecule has 1 aromatic heterocycles. The van der Waals surface area contributed by atoms with Crippen molar-refractivity contribution in [2.45, 2.75) is 31.8 Å². The highest BCUT2D eigenvalue weighted by Crippen LogP contribution is 2.25. The Hall–Kier alpha value is -0.380. The Morgan fingerprint density at radius 1 is 1.50 bits per heavy atom. The zero-order chi connectivity index (χ0) is 9.80. The molecule has 0 radical (unpaired) electrons. The molecule has 3 heteroatoms. The van der Waals surface area contributed by atoms with Gasteiger partial charge in [0.25, 0.3) is 0 Å². The average Bonchev–Trinajstić information content (AvgIpc) is 2.85. The Kier molecular flexibility index (Phi) is 3.56. The molecule has 0 bridgehead atoms. The van der Waals surface area contributed by atoms with E-state index in [1.165, 1.54) is 24.1 Å². The van der Waals surface area contributed by atoms with Gasteiger partial charge in [-0.25, -0.2) is 0 Å². The van der Waals surface area contributed by atoms with E-state index in [1.807, 2.05) is 11.3 Å². The second-order valence-corrected chi connectivity index (χ2v) is 5.03. The molecule has 0 aliphatic heterocycles. The first kappa shape index (κ1) is 10.1. The van der Waals surface area contributed by atoms with Gasteiger partial charge >= 0.3 is 0 Å². The fraction of sp³-hybridized carbons (Fsp3) is 0.636. The predicted molar refractivity (Wildman–Crippen MR) is 61.3 cm³/mol. The molecule has 2 unspecified atom stereocenters. The van der Waals surface area contributed by atoms with Gasteiger partial charge in [0.2, 0.25) is 0 Å². The minimum absolute atomic E-state index is 0.655. The van der Waals surface area contributed by atoms with Gasteiger partial charge < -0.3 is 11.1 Å². The van der Waals surface area contributed by atoms with E-state index in [0.29, 0.717) is 12.0 Å². The Bertz CT molecular complexity index is 258. The van der Waals surface area contributed by atoms with Crippen molar-refractivity contribution >= 4 is 11.3 Å². The number of thiophene rings is 1. The summed E-state index contributed by atoms with van der Waals surface area (Å²) in [5.41, 5.74) is 5.74. The number of hydrogen-bond donors (Lipinski definition) is 2. The molecular formula is C11H18N2S. The van der Waals surface area contributed by atoms with Crippen molar-refractivity contribution < 1.29 is 0 Å². The molecule has 0 aromatic carbocycles. The van der Waals surface area contributed by atoms with Crippen LogP contribution in [0.25, 0.3) is 0 Å². The summed E-state index contributed by atoms with van der Waals surface area (Å²) in [7, 11) is 0. The molecule has 14 heavy (non-hydrogen) atoms. The minimum atomic E-state index is 0.655. The summed E-state index contributed by atoms with van der Waals surface area (Å²) >= 11 is 1.82. The highest BCUT2D eigenvalue weighted by Gasteiger charge is 2.25. The Balaban J connectivity index is 1.80. The lowest BCUT2D eigenvalue weighted by Gasteiger charge is -2.18. The van der Waals surface area contributed by atoms with E-state index in [-0.39, 0.29) is 0 Å². The average molecular weight is 210 g/mol. The van der Waals surface area contributed by atoms with Crippen LogP contribution in [0.2, 0.25) is 0 Å². The molecule has 0 spiro atoms. The van der Waals surface area contributed by atoms with Crippen LogP contribution in [0.1, 0.15) is 24.1 Å².